The van der Waals surface area contributed by atoms with Crippen molar-refractivity contribution in [1.82, 2.24) is 15.2 Å². The highest BCUT2D eigenvalue weighted by Crippen LogP contribution is 2.40. The third kappa shape index (κ3) is 3.65. The van der Waals surface area contributed by atoms with E-state index in [0.717, 1.165) is 5.56 Å². The van der Waals surface area contributed by atoms with E-state index in [0.29, 0.717) is 40.6 Å². The van der Waals surface area contributed by atoms with E-state index in [1.165, 1.54) is 0 Å². The first kappa shape index (κ1) is 16.3. The Kier molecular flexibility index (Phi) is 4.95. The van der Waals surface area contributed by atoms with Crippen molar-refractivity contribution in [3.05, 3.63) is 46.7 Å². The highest BCUT2D eigenvalue weighted by Gasteiger charge is 2.16. The number of ether oxygens (including phenoxy) is 2. The van der Waals surface area contributed by atoms with E-state index in [4.69, 9.17) is 19.6 Å². The molecule has 24 heavy (non-hydrogen) atoms. The largest absolute Gasteiger partial charge is 0.490 e. The average molecular weight is 391 g/mol. The molecule has 2 aromatic heterocycles. The van der Waals surface area contributed by atoms with E-state index in [2.05, 4.69) is 31.1 Å². The van der Waals surface area contributed by atoms with Crippen LogP contribution in [0.25, 0.3) is 11.5 Å². The fraction of sp³-hybridized carbons (Fsp3) is 0.188. The lowest BCUT2D eigenvalue weighted by Crippen LogP contribution is -2.01. The summed E-state index contributed by atoms with van der Waals surface area (Å²) < 4.78 is 17.6. The van der Waals surface area contributed by atoms with Crippen molar-refractivity contribution in [2.75, 3.05) is 12.3 Å². The van der Waals surface area contributed by atoms with Crippen molar-refractivity contribution in [1.29, 1.82) is 0 Å². The van der Waals surface area contributed by atoms with Crippen LogP contribution in [-0.2, 0) is 6.61 Å². The van der Waals surface area contributed by atoms with Crippen LogP contribution < -0.4 is 15.2 Å². The van der Waals surface area contributed by atoms with Gasteiger partial charge in [-0.25, -0.2) is 0 Å². The van der Waals surface area contributed by atoms with Gasteiger partial charge in [0.2, 0.25) is 5.89 Å². The molecule has 3 aromatic rings. The lowest BCUT2D eigenvalue weighted by atomic mass is 10.2. The second-order valence-electron chi connectivity index (χ2n) is 4.81. The maximum absolute atomic E-state index is 5.90. The first-order chi connectivity index (χ1) is 11.7. The second-order valence-corrected chi connectivity index (χ2v) is 5.67. The molecule has 124 valence electrons. The molecular formula is C16H15BrN4O3. The monoisotopic (exact) mass is 390 g/mol. The van der Waals surface area contributed by atoms with E-state index in [-0.39, 0.29) is 6.01 Å². The highest BCUT2D eigenvalue weighted by molar-refractivity contribution is 9.10. The summed E-state index contributed by atoms with van der Waals surface area (Å²) in [7, 11) is 0. The van der Waals surface area contributed by atoms with E-state index >= 15 is 0 Å². The molecule has 0 saturated carbocycles. The summed E-state index contributed by atoms with van der Waals surface area (Å²) in [5, 5.41) is 7.55. The molecule has 0 aliphatic carbocycles. The Morgan fingerprint density at radius 2 is 2.12 bits per heavy atom. The molecule has 0 aliphatic rings. The van der Waals surface area contributed by atoms with Crippen LogP contribution in [0.15, 0.2) is 45.5 Å². The molecule has 0 aliphatic heterocycles. The fourth-order valence-corrected chi connectivity index (χ4v) is 2.64. The van der Waals surface area contributed by atoms with Crippen molar-refractivity contribution >= 4 is 21.9 Å². The fourth-order valence-electron chi connectivity index (χ4n) is 2.08. The van der Waals surface area contributed by atoms with Gasteiger partial charge in [0.1, 0.15) is 6.61 Å². The molecule has 0 fully saturated rings. The second kappa shape index (κ2) is 7.31. The van der Waals surface area contributed by atoms with Gasteiger partial charge in [0.15, 0.2) is 11.5 Å². The average Bonchev–Trinajstić information content (AvgIpc) is 3.02. The van der Waals surface area contributed by atoms with Crippen LogP contribution in [0.3, 0.4) is 0 Å². The van der Waals surface area contributed by atoms with Crippen molar-refractivity contribution < 1.29 is 13.9 Å². The van der Waals surface area contributed by atoms with Crippen LogP contribution in [0.2, 0.25) is 0 Å². The summed E-state index contributed by atoms with van der Waals surface area (Å²) >= 11 is 3.50. The Labute approximate surface area is 146 Å². The van der Waals surface area contributed by atoms with Gasteiger partial charge in [-0.05, 0) is 41.1 Å². The van der Waals surface area contributed by atoms with Gasteiger partial charge in [0.25, 0.3) is 0 Å². The summed E-state index contributed by atoms with van der Waals surface area (Å²) in [5.74, 6) is 1.48. The number of hydrogen-bond donors (Lipinski definition) is 1. The van der Waals surface area contributed by atoms with Crippen LogP contribution in [0, 0.1) is 0 Å². The number of hydrogen-bond acceptors (Lipinski definition) is 7. The molecular weight excluding hydrogens is 376 g/mol. The standard InChI is InChI=1S/C16H15BrN4O3/c1-2-22-13-7-11(15-20-21-16(18)24-15)6-12(17)14(13)23-9-10-4-3-5-19-8-10/h3-8H,2,9H2,1H3,(H2,18,21). The number of nitrogens with two attached hydrogens (primary N) is 1. The molecule has 1 aromatic carbocycles. The Bertz CT molecular complexity index is 823. The summed E-state index contributed by atoms with van der Waals surface area (Å²) in [6.45, 7) is 2.76. The minimum Gasteiger partial charge on any atom is -0.490 e. The maximum Gasteiger partial charge on any atom is 0.313 e. The van der Waals surface area contributed by atoms with Gasteiger partial charge < -0.3 is 19.6 Å². The molecule has 0 unspecified atom stereocenters. The number of pyridine rings is 1. The SMILES string of the molecule is CCOc1cc(-c2nnc(N)o2)cc(Br)c1OCc1cccnc1. The Morgan fingerprint density at radius 3 is 2.79 bits per heavy atom. The third-order valence-electron chi connectivity index (χ3n) is 3.10. The van der Waals surface area contributed by atoms with Gasteiger partial charge in [0, 0.05) is 23.5 Å². The van der Waals surface area contributed by atoms with Crippen molar-refractivity contribution in [2.24, 2.45) is 0 Å². The summed E-state index contributed by atoms with van der Waals surface area (Å²) in [6, 6.07) is 7.40. The number of aromatic nitrogens is 3. The molecule has 8 heteroatoms. The van der Waals surface area contributed by atoms with Crippen LogP contribution in [0.4, 0.5) is 6.01 Å². The first-order valence-electron chi connectivity index (χ1n) is 7.24. The first-order valence-corrected chi connectivity index (χ1v) is 8.04. The van der Waals surface area contributed by atoms with Crippen LogP contribution in [0.1, 0.15) is 12.5 Å². The van der Waals surface area contributed by atoms with Gasteiger partial charge in [-0.15, -0.1) is 5.10 Å². The number of anilines is 1. The van der Waals surface area contributed by atoms with E-state index in [1.54, 1.807) is 18.5 Å². The molecule has 2 N–H and O–H groups in total. The minimum absolute atomic E-state index is 0.0102. The predicted octanol–water partition coefficient (Wildman–Crippen LogP) is 3.45. The lowest BCUT2D eigenvalue weighted by molar-refractivity contribution is 0.267. The minimum atomic E-state index is 0.0102. The zero-order valence-electron chi connectivity index (χ0n) is 12.9. The van der Waals surface area contributed by atoms with Crippen molar-refractivity contribution in [3.63, 3.8) is 0 Å². The Balaban J connectivity index is 1.90. The Hall–Kier alpha value is -2.61. The molecule has 2 heterocycles. The zero-order chi connectivity index (χ0) is 16.9. The molecule has 0 amide bonds. The normalized spacial score (nSPS) is 10.6. The van der Waals surface area contributed by atoms with Gasteiger partial charge >= 0.3 is 6.01 Å². The smallest absolute Gasteiger partial charge is 0.313 e. The van der Waals surface area contributed by atoms with Gasteiger partial charge in [-0.3, -0.25) is 4.98 Å². The molecule has 0 atom stereocenters. The van der Waals surface area contributed by atoms with Gasteiger partial charge in [0.05, 0.1) is 11.1 Å². The molecule has 0 radical (unpaired) electrons. The predicted molar refractivity (Wildman–Crippen MR) is 91.6 cm³/mol. The van der Waals surface area contributed by atoms with E-state index in [9.17, 15) is 0 Å². The molecule has 7 nitrogen and oxygen atoms in total. The van der Waals surface area contributed by atoms with Crippen LogP contribution in [0.5, 0.6) is 11.5 Å². The quantitative estimate of drug-likeness (QED) is 0.688. The number of rotatable bonds is 6. The topological polar surface area (TPSA) is 96.3 Å². The molecule has 0 saturated heterocycles. The molecule has 3 rings (SSSR count). The summed E-state index contributed by atoms with van der Waals surface area (Å²) in [5.41, 5.74) is 7.12. The number of nitrogens with zero attached hydrogens (tertiary/aromatic N) is 3. The van der Waals surface area contributed by atoms with Gasteiger partial charge in [-0.1, -0.05) is 11.2 Å². The molecule has 0 spiro atoms. The lowest BCUT2D eigenvalue weighted by Gasteiger charge is -2.14. The molecule has 0 bridgehead atoms. The number of nitrogen functional groups attached to an aromatic ring is 1. The summed E-state index contributed by atoms with van der Waals surface area (Å²) in [4.78, 5) is 4.07. The van der Waals surface area contributed by atoms with Crippen LogP contribution in [-0.4, -0.2) is 21.8 Å². The number of benzene rings is 1. The van der Waals surface area contributed by atoms with E-state index < -0.39 is 0 Å². The van der Waals surface area contributed by atoms with Crippen molar-refractivity contribution in [2.45, 2.75) is 13.5 Å². The van der Waals surface area contributed by atoms with E-state index in [1.807, 2.05) is 25.1 Å². The maximum atomic E-state index is 5.90. The number of halogens is 1. The third-order valence-corrected chi connectivity index (χ3v) is 3.69. The summed E-state index contributed by atoms with van der Waals surface area (Å²) in [6.07, 6.45) is 3.47. The van der Waals surface area contributed by atoms with Crippen molar-refractivity contribution in [3.8, 4) is 23.0 Å². The Morgan fingerprint density at radius 1 is 1.25 bits per heavy atom. The van der Waals surface area contributed by atoms with Crippen LogP contribution >= 0.6 is 15.9 Å². The highest BCUT2D eigenvalue weighted by atomic mass is 79.9. The van der Waals surface area contributed by atoms with Gasteiger partial charge in [-0.2, -0.15) is 0 Å². The zero-order valence-corrected chi connectivity index (χ0v) is 14.5.